The van der Waals surface area contributed by atoms with E-state index in [1.807, 2.05) is 0 Å². The molecule has 132 heavy (non-hydrogen) atoms. The van der Waals surface area contributed by atoms with E-state index in [0.717, 1.165) is 105 Å². The summed E-state index contributed by atoms with van der Waals surface area (Å²) in [6.45, 7) is -0.650. The fraction of sp³-hybridized carbons (Fsp3) is 0.884. The number of carboxylic acid groups (broad SMARTS) is 3. The number of unbranched alkanes of at least 4 members (excludes halogenated alkanes) is 21. The zero-order valence-electron chi connectivity index (χ0n) is 75.9. The molecule has 0 saturated carbocycles. The maximum Gasteiger partial charge on any atom is 0.364 e. The van der Waals surface area contributed by atoms with Crippen LogP contribution in [0.15, 0.2) is 12.2 Å². The van der Waals surface area contributed by atoms with E-state index in [2.05, 4.69) is 35.1 Å². The third kappa shape index (κ3) is 32.3. The molecule has 6 rings (SSSR count). The van der Waals surface area contributed by atoms with Crippen molar-refractivity contribution in [3.8, 4) is 0 Å². The van der Waals surface area contributed by atoms with Crippen molar-refractivity contribution in [1.82, 2.24) is 21.3 Å². The van der Waals surface area contributed by atoms with Gasteiger partial charge in [-0.25, -0.2) is 14.4 Å². The van der Waals surface area contributed by atoms with E-state index in [4.69, 9.17) is 56.8 Å². The molecule has 6 aliphatic heterocycles. The molecule has 0 aromatic heterocycles. The lowest BCUT2D eigenvalue weighted by atomic mass is 9.86. The summed E-state index contributed by atoms with van der Waals surface area (Å²) in [7, 11) is 0. The van der Waals surface area contributed by atoms with Crippen LogP contribution in [-0.2, 0) is 95.2 Å². The van der Waals surface area contributed by atoms with Crippen LogP contribution in [0.25, 0.3) is 0 Å². The number of aliphatic carboxylic acids is 3. The second-order valence-electron chi connectivity index (χ2n) is 35.3. The van der Waals surface area contributed by atoms with Gasteiger partial charge in [-0.1, -0.05) is 154 Å². The highest BCUT2D eigenvalue weighted by atomic mass is 16.8. The van der Waals surface area contributed by atoms with Crippen molar-refractivity contribution in [3.63, 3.8) is 0 Å². The first-order valence-corrected chi connectivity index (χ1v) is 46.1. The molecule has 0 spiro atoms. The summed E-state index contributed by atoms with van der Waals surface area (Å²) < 4.78 is 71.8. The van der Waals surface area contributed by atoms with E-state index in [0.29, 0.717) is 12.8 Å². The zero-order valence-corrected chi connectivity index (χ0v) is 75.9. The Hall–Kier alpha value is -5.54. The minimum Gasteiger partial charge on any atom is -0.477 e. The van der Waals surface area contributed by atoms with Crippen LogP contribution in [0.3, 0.4) is 0 Å². The van der Waals surface area contributed by atoms with E-state index in [1.165, 1.54) is 63.9 Å². The Balaban J connectivity index is 1.34. The summed E-state index contributed by atoms with van der Waals surface area (Å²) in [6, 6.07) is -7.28. The molecule has 35 atom stereocenters. The number of ether oxygens (including phenoxy) is 12. The number of hydrogen-bond donors (Lipinski definition) is 26. The number of aliphatic hydroxyl groups excluding tert-OH is 19. The summed E-state index contributed by atoms with van der Waals surface area (Å²) >= 11 is 0. The Labute approximate surface area is 765 Å². The fourth-order valence-electron chi connectivity index (χ4n) is 17.5. The van der Waals surface area contributed by atoms with Crippen LogP contribution in [0, 0.1) is 5.92 Å². The van der Waals surface area contributed by atoms with Crippen LogP contribution in [0.1, 0.15) is 221 Å². The summed E-state index contributed by atoms with van der Waals surface area (Å²) in [5.74, 6) is -23.6. The van der Waals surface area contributed by atoms with Gasteiger partial charge in [0.25, 0.3) is 17.4 Å². The van der Waals surface area contributed by atoms with E-state index in [9.17, 15) is 151 Å². The topological polar surface area (TPSA) is 741 Å². The van der Waals surface area contributed by atoms with Gasteiger partial charge in [-0.3, -0.25) is 19.2 Å². The molecule has 46 heteroatoms. The van der Waals surface area contributed by atoms with E-state index < -0.39 is 332 Å². The average Bonchev–Trinajstić information content (AvgIpc) is 0.742. The number of nitrogens with one attached hydrogen (secondary N) is 4. The highest BCUT2D eigenvalue weighted by molar-refractivity contribution is 5.79. The molecular formula is C86H148N4O42. The second-order valence-corrected chi connectivity index (χ2v) is 35.3. The van der Waals surface area contributed by atoms with Gasteiger partial charge < -0.3 is 195 Å². The lowest BCUT2D eigenvalue weighted by Crippen LogP contribution is -2.72. The molecule has 3 unspecified atom stereocenters. The smallest absolute Gasteiger partial charge is 0.364 e. The van der Waals surface area contributed by atoms with Crippen molar-refractivity contribution in [3.05, 3.63) is 12.2 Å². The first kappa shape index (κ1) is 115. The number of carboxylic acids is 3. The standard InChI is InChI=1S/C86H148N4O42/c1-7-9-11-13-15-17-19-20-22-23-25-27-29-31-50(101)49(90-60(106)32-30-28-26-24-21-18-16-14-12-10-8-2)43-121-79-70(113)69(112)72(58(41-95)123-79)125-80-71(114)77(73(59(42-96)124-80)126-78-48(33-44(3)97)64(107)66(109)55(38-92)122-78)132-86(83(119)120)36-53(104)63(89-47(6)100)76(131-86)68(111)57(40-94)128-85(82(117)118)35-52(103)62(88-46(5)99)75(130-85)67(110)56(39-93)127-84(81(115)116)34-51(102)61(87-45(4)98)74(129-84)65(108)54(105)37-91/h29,31,48-59,61-80,91-96,101-105,107-114H,7-28,30,32-43H2,1-6H3,(H,87,98)(H,88,99)(H,89,100)(H,90,106)(H,115,116)(H,117,118)(H,119,120)/b31-29-/t48-,49+,50-,51+,52+,53+,54-,55-,56-,57-,58-,59-,61-,62-,63-,64-,65-,66+,67-,68-,69-,70-,71-,72-,73+,74?,75?,76?,77-,78+,79-,80+,84-,85-,86+/m1/s1. The molecule has 0 bridgehead atoms. The average molecular weight is 1910 g/mol. The molecule has 6 aliphatic rings. The van der Waals surface area contributed by atoms with Crippen LogP contribution < -0.4 is 21.3 Å². The largest absolute Gasteiger partial charge is 0.477 e. The first-order chi connectivity index (χ1) is 62.6. The summed E-state index contributed by atoms with van der Waals surface area (Å²) in [4.78, 5) is 107. The van der Waals surface area contributed by atoms with Crippen LogP contribution in [0.5, 0.6) is 0 Å². The Kier molecular flexibility index (Phi) is 49.3. The number of aliphatic hydroxyl groups is 19. The molecule has 26 N–H and O–H groups in total. The van der Waals surface area contributed by atoms with Crippen molar-refractivity contribution in [2.45, 2.75) is 428 Å². The second kappa shape index (κ2) is 56.5. The summed E-state index contributed by atoms with van der Waals surface area (Å²) in [6.07, 6.45) is -39.3. The molecule has 0 aliphatic carbocycles. The summed E-state index contributed by atoms with van der Waals surface area (Å²) in [5, 5.41) is 261. The number of ketones is 1. The molecule has 0 radical (unpaired) electrons. The quantitative estimate of drug-likeness (QED) is 0.0200. The monoisotopic (exact) mass is 1910 g/mol. The number of allylic oxidation sites excluding steroid dienone is 1. The van der Waals surface area contributed by atoms with Gasteiger partial charge >= 0.3 is 17.9 Å². The molecule has 0 aromatic rings. The molecule has 4 amide bonds. The molecular weight excluding hydrogens is 1760 g/mol. The molecule has 0 aromatic carbocycles. The van der Waals surface area contributed by atoms with Gasteiger partial charge in [-0.2, -0.15) is 0 Å². The Morgan fingerprint density at radius 1 is 0.432 bits per heavy atom. The fourth-order valence-corrected chi connectivity index (χ4v) is 17.5. The maximum atomic E-state index is 14.4. The Bertz CT molecular complexity index is 3490. The number of carbonyl (C=O) groups excluding carboxylic acids is 5. The van der Waals surface area contributed by atoms with Gasteiger partial charge in [0.15, 0.2) is 18.9 Å². The van der Waals surface area contributed by atoms with Crippen molar-refractivity contribution in [2.75, 3.05) is 46.2 Å². The van der Waals surface area contributed by atoms with Gasteiger partial charge in [0.1, 0.15) is 122 Å². The predicted octanol–water partition coefficient (Wildman–Crippen LogP) is -4.99. The Morgan fingerprint density at radius 3 is 1.24 bits per heavy atom. The van der Waals surface area contributed by atoms with Crippen molar-refractivity contribution < 1.29 is 208 Å². The molecule has 6 fully saturated rings. The third-order valence-corrected chi connectivity index (χ3v) is 24.8. The van der Waals surface area contributed by atoms with E-state index in [-0.39, 0.29) is 6.42 Å². The van der Waals surface area contributed by atoms with E-state index in [1.54, 1.807) is 6.08 Å². The highest BCUT2D eigenvalue weighted by Gasteiger charge is 2.65. The maximum absolute atomic E-state index is 14.4. The van der Waals surface area contributed by atoms with Gasteiger partial charge in [-0.05, 0) is 26.2 Å². The van der Waals surface area contributed by atoms with Crippen LogP contribution in [-0.4, -0.2) is 413 Å². The van der Waals surface area contributed by atoms with E-state index >= 15 is 0 Å². The molecule has 6 saturated heterocycles. The van der Waals surface area contributed by atoms with Gasteiger partial charge in [-0.15, -0.1) is 0 Å². The Morgan fingerprint density at radius 2 is 0.826 bits per heavy atom. The number of amides is 4. The number of carbonyl (C=O) groups is 8. The predicted molar refractivity (Wildman–Crippen MR) is 451 cm³/mol. The van der Waals surface area contributed by atoms with Crippen molar-refractivity contribution in [2.24, 2.45) is 5.92 Å². The number of Topliss-reactive ketones (excluding diaryl/α,β-unsaturated/α-hetero) is 1. The number of rotatable bonds is 60. The molecule has 764 valence electrons. The van der Waals surface area contributed by atoms with Gasteiger partial charge in [0.2, 0.25) is 23.6 Å². The lowest BCUT2D eigenvalue weighted by molar-refractivity contribution is -0.404. The van der Waals surface area contributed by atoms with Crippen LogP contribution in [0.4, 0.5) is 0 Å². The SMILES string of the molecule is CCCCCCCCCCCCC/C=C\[C@@H](O)[C@H](CO[C@@H]1O[C@H](CO)[C@@H](O[C@@H]2O[C@H](CO)[C@H](O[C@@H]3O[C@H](CO)[C@H](O)[C@H](O)[C@H]3CC(C)=O)[C@H](O[C@]3(C(=O)O)C[C@H](O)[C@@H](NC(C)=O)C([C@H](O)[C@@H](CO)O[C@]4(C(=O)O)C[C@H](O)[C@@H](NC(C)=O)C([C@H](O)[C@@H](CO)O[C@]5(C(=O)O)C[C@H](O)[C@@H](NC(C)=O)C([C@H](O)[C@H](O)CO)O5)O4)O3)[C@H]2O)[C@H](O)[C@H]1O)NC(=O)CCCCCCCCCCCCC. The van der Waals surface area contributed by atoms with Gasteiger partial charge in [0, 0.05) is 58.8 Å². The molecule has 6 heterocycles. The molecule has 46 nitrogen and oxygen atoms in total. The van der Waals surface area contributed by atoms with Crippen LogP contribution in [0.2, 0.25) is 0 Å². The van der Waals surface area contributed by atoms with Crippen LogP contribution >= 0.6 is 0 Å². The lowest BCUT2D eigenvalue weighted by Gasteiger charge is -2.53. The zero-order chi connectivity index (χ0) is 98.1. The van der Waals surface area contributed by atoms with Crippen molar-refractivity contribution in [1.29, 1.82) is 0 Å². The summed E-state index contributed by atoms with van der Waals surface area (Å²) in [5.41, 5.74) is 0. The number of hydrogen-bond acceptors (Lipinski definition) is 39. The minimum absolute atomic E-state index is 0.0817. The third-order valence-electron chi connectivity index (χ3n) is 24.8. The highest BCUT2D eigenvalue weighted by Crippen LogP contribution is 2.45. The van der Waals surface area contributed by atoms with Crippen molar-refractivity contribution >= 4 is 47.3 Å². The van der Waals surface area contributed by atoms with Gasteiger partial charge in [0.05, 0.1) is 101 Å². The first-order valence-electron chi connectivity index (χ1n) is 46.1. The minimum atomic E-state index is -3.71. The normalized spacial score (nSPS) is 34.7.